The number of aromatic nitrogens is 2. The topological polar surface area (TPSA) is 66.7 Å². The van der Waals surface area contributed by atoms with E-state index in [-0.39, 0.29) is 0 Å². The molecule has 1 aliphatic rings. The number of nitrogens with one attached hydrogen (secondary N) is 2. The maximum atomic E-state index is 6.05. The number of aliphatic imine (C=N–C) groups is 1. The van der Waals surface area contributed by atoms with E-state index >= 15 is 0 Å². The monoisotopic (exact) mass is 404 g/mol. The molecule has 0 aliphatic carbocycles. The molecule has 0 radical (unpaired) electrons. The maximum absolute atomic E-state index is 6.05. The van der Waals surface area contributed by atoms with Crippen LogP contribution in [0.3, 0.4) is 0 Å². The first-order chi connectivity index (χ1) is 13.6. The molecule has 1 aromatic carbocycles. The number of hydrogen-bond donors (Lipinski definition) is 2. The van der Waals surface area contributed by atoms with Crippen molar-refractivity contribution in [3.8, 4) is 5.75 Å². The highest BCUT2D eigenvalue weighted by molar-refractivity contribution is 6.30. The van der Waals surface area contributed by atoms with Gasteiger partial charge < -0.3 is 20.3 Å². The standard InChI is InChI=1S/C20H29ClN6O/c1-4-22-20(23-11-15-7-8-16(21)10-19(15)28-3)25-17-6-5-9-27(13-17)18-12-24-26(2)14-18/h7-8,10,12,14,17H,4-6,9,11,13H2,1-3H3,(H2,22,23,25). The fourth-order valence-corrected chi connectivity index (χ4v) is 3.59. The minimum atomic E-state index is 0.332. The highest BCUT2D eigenvalue weighted by atomic mass is 35.5. The Morgan fingerprint density at radius 3 is 3.00 bits per heavy atom. The molecular formula is C20H29ClN6O. The van der Waals surface area contributed by atoms with Crippen molar-refractivity contribution in [2.75, 3.05) is 31.6 Å². The SMILES string of the molecule is CCNC(=NCc1ccc(Cl)cc1OC)NC1CCCN(c2cnn(C)c2)C1. The molecule has 2 heterocycles. The van der Waals surface area contributed by atoms with Crippen molar-refractivity contribution < 1.29 is 4.74 Å². The van der Waals surface area contributed by atoms with Crippen molar-refractivity contribution in [2.24, 2.45) is 12.0 Å². The van der Waals surface area contributed by atoms with E-state index in [0.717, 1.165) is 49.7 Å². The molecular weight excluding hydrogens is 376 g/mol. The van der Waals surface area contributed by atoms with E-state index in [4.69, 9.17) is 21.3 Å². The van der Waals surface area contributed by atoms with Crippen LogP contribution in [0, 0.1) is 0 Å². The second-order valence-corrected chi connectivity index (χ2v) is 7.39. The second kappa shape index (κ2) is 9.68. The van der Waals surface area contributed by atoms with Gasteiger partial charge in [-0.1, -0.05) is 17.7 Å². The highest BCUT2D eigenvalue weighted by Gasteiger charge is 2.21. The molecule has 7 nitrogen and oxygen atoms in total. The van der Waals surface area contributed by atoms with Crippen LogP contribution in [0.25, 0.3) is 0 Å². The lowest BCUT2D eigenvalue weighted by molar-refractivity contribution is 0.410. The van der Waals surface area contributed by atoms with Crippen LogP contribution in [0.1, 0.15) is 25.3 Å². The average molecular weight is 405 g/mol. The Morgan fingerprint density at radius 2 is 2.29 bits per heavy atom. The molecule has 2 aromatic rings. The Labute approximate surface area is 171 Å². The van der Waals surface area contributed by atoms with Gasteiger partial charge in [0, 0.05) is 49.5 Å². The summed E-state index contributed by atoms with van der Waals surface area (Å²) < 4.78 is 7.27. The first-order valence-corrected chi connectivity index (χ1v) is 10.1. The van der Waals surface area contributed by atoms with Gasteiger partial charge in [0.1, 0.15) is 5.75 Å². The van der Waals surface area contributed by atoms with Crippen LogP contribution in [-0.2, 0) is 13.6 Å². The van der Waals surface area contributed by atoms with Crippen LogP contribution in [0.2, 0.25) is 5.02 Å². The lowest BCUT2D eigenvalue weighted by atomic mass is 10.1. The molecule has 28 heavy (non-hydrogen) atoms. The van der Waals surface area contributed by atoms with E-state index < -0.39 is 0 Å². The number of benzene rings is 1. The second-order valence-electron chi connectivity index (χ2n) is 6.95. The molecule has 152 valence electrons. The molecule has 0 spiro atoms. The first kappa shape index (κ1) is 20.3. The predicted molar refractivity (Wildman–Crippen MR) is 114 cm³/mol. The lowest BCUT2D eigenvalue weighted by Gasteiger charge is -2.34. The smallest absolute Gasteiger partial charge is 0.191 e. The maximum Gasteiger partial charge on any atom is 0.191 e. The highest BCUT2D eigenvalue weighted by Crippen LogP contribution is 2.24. The van der Waals surface area contributed by atoms with E-state index in [9.17, 15) is 0 Å². The van der Waals surface area contributed by atoms with Gasteiger partial charge in [-0.3, -0.25) is 4.68 Å². The Morgan fingerprint density at radius 1 is 1.43 bits per heavy atom. The van der Waals surface area contributed by atoms with Gasteiger partial charge in [0.2, 0.25) is 0 Å². The number of hydrogen-bond acceptors (Lipinski definition) is 4. The van der Waals surface area contributed by atoms with Crippen LogP contribution in [0.15, 0.2) is 35.6 Å². The molecule has 3 rings (SSSR count). The zero-order valence-corrected chi connectivity index (χ0v) is 17.5. The largest absolute Gasteiger partial charge is 0.496 e. The third-order valence-electron chi connectivity index (χ3n) is 4.82. The van der Waals surface area contributed by atoms with E-state index in [0.29, 0.717) is 17.6 Å². The molecule has 1 fully saturated rings. The summed E-state index contributed by atoms with van der Waals surface area (Å²) in [4.78, 5) is 7.13. The molecule has 2 N–H and O–H groups in total. The van der Waals surface area contributed by atoms with Gasteiger partial charge in [-0.05, 0) is 31.9 Å². The van der Waals surface area contributed by atoms with Gasteiger partial charge in [-0.25, -0.2) is 4.99 Å². The van der Waals surface area contributed by atoms with Crippen molar-refractivity contribution in [1.82, 2.24) is 20.4 Å². The number of halogens is 1. The zero-order chi connectivity index (χ0) is 19.9. The molecule has 1 saturated heterocycles. The number of aryl methyl sites for hydroxylation is 1. The van der Waals surface area contributed by atoms with Gasteiger partial charge in [-0.2, -0.15) is 5.10 Å². The van der Waals surface area contributed by atoms with E-state index in [1.807, 2.05) is 36.1 Å². The molecule has 1 aliphatic heterocycles. The summed E-state index contributed by atoms with van der Waals surface area (Å²) in [7, 11) is 3.60. The van der Waals surface area contributed by atoms with Crippen molar-refractivity contribution in [3.63, 3.8) is 0 Å². The molecule has 1 unspecified atom stereocenters. The van der Waals surface area contributed by atoms with E-state index in [2.05, 4.69) is 33.8 Å². The van der Waals surface area contributed by atoms with Crippen molar-refractivity contribution >= 4 is 23.2 Å². The lowest BCUT2D eigenvalue weighted by Crippen LogP contribution is -2.51. The van der Waals surface area contributed by atoms with E-state index in [1.165, 1.54) is 5.69 Å². The molecule has 1 aromatic heterocycles. The third kappa shape index (κ3) is 5.32. The summed E-state index contributed by atoms with van der Waals surface area (Å²) in [6.07, 6.45) is 6.24. The van der Waals surface area contributed by atoms with Gasteiger partial charge in [0.25, 0.3) is 0 Å². The number of guanidine groups is 1. The Hall–Kier alpha value is -2.41. The van der Waals surface area contributed by atoms with E-state index in [1.54, 1.807) is 7.11 Å². The summed E-state index contributed by atoms with van der Waals surface area (Å²) >= 11 is 6.05. The molecule has 0 saturated carbocycles. The Kier molecular flexibility index (Phi) is 7.03. The number of rotatable bonds is 6. The van der Waals surface area contributed by atoms with Crippen LogP contribution in [0.5, 0.6) is 5.75 Å². The first-order valence-electron chi connectivity index (χ1n) is 9.70. The van der Waals surface area contributed by atoms with Gasteiger partial charge >= 0.3 is 0 Å². The molecule has 0 amide bonds. The third-order valence-corrected chi connectivity index (χ3v) is 5.05. The number of piperidine rings is 1. The number of methoxy groups -OCH3 is 1. The van der Waals surface area contributed by atoms with Crippen LogP contribution >= 0.6 is 11.6 Å². The fourth-order valence-electron chi connectivity index (χ4n) is 3.43. The number of anilines is 1. The summed E-state index contributed by atoms with van der Waals surface area (Å²) in [6.45, 7) is 5.39. The quantitative estimate of drug-likeness (QED) is 0.572. The van der Waals surface area contributed by atoms with Crippen LogP contribution in [-0.4, -0.2) is 48.5 Å². The summed E-state index contributed by atoms with van der Waals surface area (Å²) in [5.74, 6) is 1.57. The predicted octanol–water partition coefficient (Wildman–Crippen LogP) is 2.81. The molecule has 8 heteroatoms. The molecule has 1 atom stereocenters. The van der Waals surface area contributed by atoms with Crippen molar-refractivity contribution in [2.45, 2.75) is 32.4 Å². The van der Waals surface area contributed by atoms with Crippen LogP contribution < -0.4 is 20.3 Å². The van der Waals surface area contributed by atoms with Crippen molar-refractivity contribution in [3.05, 3.63) is 41.2 Å². The zero-order valence-electron chi connectivity index (χ0n) is 16.8. The molecule has 0 bridgehead atoms. The normalized spacial score (nSPS) is 17.5. The number of ether oxygens (including phenoxy) is 1. The van der Waals surface area contributed by atoms with Gasteiger partial charge in [-0.15, -0.1) is 0 Å². The summed E-state index contributed by atoms with van der Waals surface area (Å²) in [5, 5.41) is 11.9. The summed E-state index contributed by atoms with van der Waals surface area (Å²) in [5.41, 5.74) is 2.17. The Balaban J connectivity index is 1.66. The Bertz CT molecular complexity index is 806. The van der Waals surface area contributed by atoms with Gasteiger partial charge in [0.15, 0.2) is 5.96 Å². The minimum Gasteiger partial charge on any atom is -0.496 e. The summed E-state index contributed by atoms with van der Waals surface area (Å²) in [6, 6.07) is 5.97. The minimum absolute atomic E-state index is 0.332. The average Bonchev–Trinajstić information content (AvgIpc) is 3.13. The number of nitrogens with zero attached hydrogens (tertiary/aromatic N) is 4. The van der Waals surface area contributed by atoms with Gasteiger partial charge in [0.05, 0.1) is 25.5 Å². The fraction of sp³-hybridized carbons (Fsp3) is 0.500. The van der Waals surface area contributed by atoms with Crippen molar-refractivity contribution in [1.29, 1.82) is 0 Å². The van der Waals surface area contributed by atoms with Crippen LogP contribution in [0.4, 0.5) is 5.69 Å².